The van der Waals surface area contributed by atoms with E-state index in [1.54, 1.807) is 0 Å². The lowest BCUT2D eigenvalue weighted by atomic mass is 10.3. The number of nitrogens with one attached hydrogen (secondary N) is 1. The lowest BCUT2D eigenvalue weighted by Crippen LogP contribution is -2.01. The first-order chi connectivity index (χ1) is 9.61. The fraction of sp³-hybridized carbons (Fsp3) is 0.273. The summed E-state index contributed by atoms with van der Waals surface area (Å²) in [5, 5.41) is 22.6. The molecule has 0 amide bonds. The number of benzene rings is 1. The third kappa shape index (κ3) is 3.18. The summed E-state index contributed by atoms with van der Waals surface area (Å²) >= 11 is 1.25. The molecule has 0 aliphatic heterocycles. The SMILES string of the molecule is CCNc1nnc(COc2c(F)cccc2[N+](=O)[O-])s1. The first kappa shape index (κ1) is 14.1. The molecule has 1 aromatic carbocycles. The van der Waals surface area contributed by atoms with E-state index in [9.17, 15) is 14.5 Å². The number of hydrogen-bond donors (Lipinski definition) is 1. The van der Waals surface area contributed by atoms with Crippen LogP contribution >= 0.6 is 11.3 Å². The number of anilines is 1. The molecule has 0 fully saturated rings. The molecule has 0 radical (unpaired) electrons. The van der Waals surface area contributed by atoms with Crippen LogP contribution in [0.25, 0.3) is 0 Å². The van der Waals surface area contributed by atoms with Gasteiger partial charge in [0.2, 0.25) is 10.9 Å². The molecule has 0 unspecified atom stereocenters. The largest absolute Gasteiger partial charge is 0.477 e. The van der Waals surface area contributed by atoms with E-state index in [0.29, 0.717) is 16.7 Å². The van der Waals surface area contributed by atoms with Gasteiger partial charge in [0.25, 0.3) is 0 Å². The predicted octanol–water partition coefficient (Wildman–Crippen LogP) is 2.60. The van der Waals surface area contributed by atoms with Crippen LogP contribution < -0.4 is 10.1 Å². The van der Waals surface area contributed by atoms with Crippen LogP contribution in [-0.4, -0.2) is 21.7 Å². The van der Waals surface area contributed by atoms with Gasteiger partial charge in [0.1, 0.15) is 6.61 Å². The molecule has 1 heterocycles. The van der Waals surface area contributed by atoms with E-state index < -0.39 is 22.2 Å². The maximum atomic E-state index is 13.6. The number of para-hydroxylation sites is 1. The van der Waals surface area contributed by atoms with Crippen molar-refractivity contribution in [3.63, 3.8) is 0 Å². The van der Waals surface area contributed by atoms with Crippen molar-refractivity contribution in [3.8, 4) is 5.75 Å². The minimum Gasteiger partial charge on any atom is -0.477 e. The van der Waals surface area contributed by atoms with Gasteiger partial charge < -0.3 is 10.1 Å². The zero-order valence-corrected chi connectivity index (χ0v) is 11.3. The number of hydrogen-bond acceptors (Lipinski definition) is 7. The molecule has 1 aromatic heterocycles. The second-order valence-corrected chi connectivity index (χ2v) is 4.73. The molecule has 0 spiro atoms. The van der Waals surface area contributed by atoms with Crippen molar-refractivity contribution < 1.29 is 14.1 Å². The Labute approximate surface area is 117 Å². The Morgan fingerprint density at radius 3 is 3.00 bits per heavy atom. The number of rotatable bonds is 6. The first-order valence-electron chi connectivity index (χ1n) is 5.73. The number of nitrogens with zero attached hydrogens (tertiary/aromatic N) is 3. The Morgan fingerprint density at radius 2 is 2.30 bits per heavy atom. The Morgan fingerprint density at radius 1 is 1.50 bits per heavy atom. The minimum atomic E-state index is -0.782. The van der Waals surface area contributed by atoms with Crippen molar-refractivity contribution in [1.29, 1.82) is 0 Å². The van der Waals surface area contributed by atoms with Gasteiger partial charge in [-0.05, 0) is 13.0 Å². The summed E-state index contributed by atoms with van der Waals surface area (Å²) in [6.45, 7) is 2.54. The normalized spacial score (nSPS) is 10.3. The third-order valence-electron chi connectivity index (χ3n) is 2.28. The Balaban J connectivity index is 2.12. The number of halogens is 1. The number of nitro groups is 1. The van der Waals surface area contributed by atoms with Crippen LogP contribution in [-0.2, 0) is 6.61 Å². The van der Waals surface area contributed by atoms with Crippen molar-refractivity contribution in [1.82, 2.24) is 10.2 Å². The topological polar surface area (TPSA) is 90.2 Å². The van der Waals surface area contributed by atoms with Crippen LogP contribution in [0.5, 0.6) is 5.75 Å². The summed E-state index contributed by atoms with van der Waals surface area (Å²) in [6.07, 6.45) is 0. The summed E-state index contributed by atoms with van der Waals surface area (Å²) in [5.41, 5.74) is -0.415. The van der Waals surface area contributed by atoms with Crippen LogP contribution in [0.1, 0.15) is 11.9 Å². The van der Waals surface area contributed by atoms with Gasteiger partial charge in [0.15, 0.2) is 10.8 Å². The van der Waals surface area contributed by atoms with Gasteiger partial charge in [-0.25, -0.2) is 4.39 Å². The van der Waals surface area contributed by atoms with Crippen molar-refractivity contribution in [2.75, 3.05) is 11.9 Å². The monoisotopic (exact) mass is 298 g/mol. The van der Waals surface area contributed by atoms with E-state index >= 15 is 0 Å². The lowest BCUT2D eigenvalue weighted by Gasteiger charge is -2.05. The second-order valence-electron chi connectivity index (χ2n) is 3.67. The number of aromatic nitrogens is 2. The van der Waals surface area contributed by atoms with E-state index in [4.69, 9.17) is 4.74 Å². The molecule has 9 heteroatoms. The molecule has 0 saturated heterocycles. The summed E-state index contributed by atoms with van der Waals surface area (Å²) in [5.74, 6) is -1.17. The van der Waals surface area contributed by atoms with Crippen molar-refractivity contribution in [2.24, 2.45) is 0 Å². The van der Waals surface area contributed by atoms with Gasteiger partial charge in [-0.15, -0.1) is 10.2 Å². The van der Waals surface area contributed by atoms with Crippen LogP contribution in [0.15, 0.2) is 18.2 Å². The molecule has 0 bridgehead atoms. The molecular formula is C11H11FN4O3S. The fourth-order valence-electron chi connectivity index (χ4n) is 1.45. The summed E-state index contributed by atoms with van der Waals surface area (Å²) in [4.78, 5) is 10.1. The van der Waals surface area contributed by atoms with Gasteiger partial charge >= 0.3 is 5.69 Å². The first-order valence-corrected chi connectivity index (χ1v) is 6.55. The molecule has 1 N–H and O–H groups in total. The van der Waals surface area contributed by atoms with Crippen LogP contribution in [0, 0.1) is 15.9 Å². The van der Waals surface area contributed by atoms with Gasteiger partial charge in [0, 0.05) is 12.6 Å². The molecule has 2 aromatic rings. The van der Waals surface area contributed by atoms with Crippen LogP contribution in [0.3, 0.4) is 0 Å². The van der Waals surface area contributed by atoms with E-state index in [1.165, 1.54) is 23.5 Å². The number of nitro benzene ring substituents is 1. The Bertz CT molecular complexity index is 619. The highest BCUT2D eigenvalue weighted by atomic mass is 32.1. The van der Waals surface area contributed by atoms with Crippen molar-refractivity contribution >= 4 is 22.2 Å². The van der Waals surface area contributed by atoms with Gasteiger partial charge in [-0.3, -0.25) is 10.1 Å². The Hall–Kier alpha value is -2.29. The quantitative estimate of drug-likeness (QED) is 0.651. The highest BCUT2D eigenvalue weighted by Gasteiger charge is 2.20. The third-order valence-corrected chi connectivity index (χ3v) is 3.13. The van der Waals surface area contributed by atoms with E-state index in [1.807, 2.05) is 6.92 Å². The second kappa shape index (κ2) is 6.24. The molecule has 106 valence electrons. The highest BCUT2D eigenvalue weighted by molar-refractivity contribution is 7.15. The zero-order valence-electron chi connectivity index (χ0n) is 10.5. The molecule has 0 atom stereocenters. The standard InChI is InChI=1S/C11H11FN4O3S/c1-2-13-11-15-14-9(20-11)6-19-10-7(12)4-3-5-8(10)16(17)18/h3-5H,2,6H2,1H3,(H,13,15). The summed E-state index contributed by atoms with van der Waals surface area (Å²) in [6, 6.07) is 3.55. The van der Waals surface area contributed by atoms with Crippen LogP contribution in [0.4, 0.5) is 15.2 Å². The van der Waals surface area contributed by atoms with Gasteiger partial charge in [0.05, 0.1) is 4.92 Å². The summed E-state index contributed by atoms with van der Waals surface area (Å²) in [7, 11) is 0. The maximum Gasteiger partial charge on any atom is 0.314 e. The minimum absolute atomic E-state index is 0.0785. The molecule has 0 aliphatic carbocycles. The maximum absolute atomic E-state index is 13.6. The van der Waals surface area contributed by atoms with E-state index in [0.717, 1.165) is 6.07 Å². The Kier molecular flexibility index (Phi) is 4.41. The van der Waals surface area contributed by atoms with Crippen LogP contribution in [0.2, 0.25) is 0 Å². The molecular weight excluding hydrogens is 287 g/mol. The van der Waals surface area contributed by atoms with Crippen molar-refractivity contribution in [3.05, 3.63) is 39.1 Å². The average Bonchev–Trinajstić information content (AvgIpc) is 2.85. The van der Waals surface area contributed by atoms with Crippen molar-refractivity contribution in [2.45, 2.75) is 13.5 Å². The zero-order chi connectivity index (χ0) is 14.5. The predicted molar refractivity (Wildman–Crippen MR) is 71.5 cm³/mol. The van der Waals surface area contributed by atoms with Gasteiger partial charge in [-0.1, -0.05) is 17.4 Å². The molecule has 2 rings (SSSR count). The van der Waals surface area contributed by atoms with E-state index in [-0.39, 0.29) is 6.61 Å². The molecule has 0 saturated carbocycles. The van der Waals surface area contributed by atoms with E-state index in [2.05, 4.69) is 15.5 Å². The lowest BCUT2D eigenvalue weighted by molar-refractivity contribution is -0.386. The molecule has 0 aliphatic rings. The van der Waals surface area contributed by atoms with Gasteiger partial charge in [-0.2, -0.15) is 0 Å². The number of ether oxygens (including phenoxy) is 1. The molecule has 7 nitrogen and oxygen atoms in total. The fourth-order valence-corrected chi connectivity index (χ4v) is 2.17. The molecule has 20 heavy (non-hydrogen) atoms. The average molecular weight is 298 g/mol. The smallest absolute Gasteiger partial charge is 0.314 e. The highest BCUT2D eigenvalue weighted by Crippen LogP contribution is 2.30. The summed E-state index contributed by atoms with van der Waals surface area (Å²) < 4.78 is 18.7.